The van der Waals surface area contributed by atoms with E-state index in [1.165, 1.54) is 32.1 Å². The normalized spacial score (nSPS) is 17.3. The summed E-state index contributed by atoms with van der Waals surface area (Å²) in [6.45, 7) is 2.98. The minimum Gasteiger partial charge on any atom is -0.372 e. The van der Waals surface area contributed by atoms with Crippen molar-refractivity contribution < 1.29 is 0 Å². The zero-order chi connectivity index (χ0) is 11.4. The molecule has 1 fully saturated rings. The SMILES string of the molecule is CCNc1cc(=S)nc(C2CCCCC2)[nH]1. The first-order chi connectivity index (χ1) is 7.79. The van der Waals surface area contributed by atoms with Gasteiger partial charge in [0.15, 0.2) is 0 Å². The summed E-state index contributed by atoms with van der Waals surface area (Å²) in [5, 5.41) is 3.27. The predicted molar refractivity (Wildman–Crippen MR) is 69.4 cm³/mol. The number of nitrogens with one attached hydrogen (secondary N) is 2. The Morgan fingerprint density at radius 3 is 2.88 bits per heavy atom. The van der Waals surface area contributed by atoms with Crippen LogP contribution in [0.4, 0.5) is 5.82 Å². The van der Waals surface area contributed by atoms with E-state index in [1.54, 1.807) is 0 Å². The molecular formula is C12H19N3S. The average Bonchev–Trinajstić information content (AvgIpc) is 2.30. The molecule has 0 aromatic carbocycles. The number of hydrogen-bond acceptors (Lipinski definition) is 3. The molecule has 1 aromatic rings. The van der Waals surface area contributed by atoms with Crippen LogP contribution in [0.25, 0.3) is 0 Å². The van der Waals surface area contributed by atoms with Gasteiger partial charge in [0.2, 0.25) is 0 Å². The van der Waals surface area contributed by atoms with Gasteiger partial charge in [-0.25, -0.2) is 4.98 Å². The van der Waals surface area contributed by atoms with Crippen LogP contribution < -0.4 is 5.32 Å². The first-order valence-corrected chi connectivity index (χ1v) is 6.55. The summed E-state index contributed by atoms with van der Waals surface area (Å²) < 4.78 is 0.690. The highest BCUT2D eigenvalue weighted by molar-refractivity contribution is 7.71. The van der Waals surface area contributed by atoms with E-state index in [0.717, 1.165) is 18.2 Å². The monoisotopic (exact) mass is 237 g/mol. The van der Waals surface area contributed by atoms with Gasteiger partial charge < -0.3 is 10.3 Å². The molecule has 1 aliphatic carbocycles. The fourth-order valence-corrected chi connectivity index (χ4v) is 2.55. The maximum absolute atomic E-state index is 5.20. The molecular weight excluding hydrogens is 218 g/mol. The minimum absolute atomic E-state index is 0.578. The maximum Gasteiger partial charge on any atom is 0.131 e. The lowest BCUT2D eigenvalue weighted by Gasteiger charge is -2.21. The Bertz CT molecular complexity index is 393. The lowest BCUT2D eigenvalue weighted by Crippen LogP contribution is -2.11. The average molecular weight is 237 g/mol. The molecule has 0 aliphatic heterocycles. The van der Waals surface area contributed by atoms with Gasteiger partial charge in [-0.15, -0.1) is 0 Å². The molecule has 2 N–H and O–H groups in total. The van der Waals surface area contributed by atoms with Crippen molar-refractivity contribution in [3.8, 4) is 0 Å². The topological polar surface area (TPSA) is 40.7 Å². The Hall–Kier alpha value is -0.900. The number of H-pyrrole nitrogens is 1. The van der Waals surface area contributed by atoms with Crippen molar-refractivity contribution in [3.63, 3.8) is 0 Å². The van der Waals surface area contributed by atoms with Crippen LogP contribution in [0, 0.1) is 4.64 Å². The fourth-order valence-electron chi connectivity index (χ4n) is 2.33. The second-order valence-corrected chi connectivity index (χ2v) is 4.80. The van der Waals surface area contributed by atoms with E-state index in [-0.39, 0.29) is 0 Å². The third-order valence-corrected chi connectivity index (χ3v) is 3.33. The molecule has 1 heterocycles. The van der Waals surface area contributed by atoms with Crippen molar-refractivity contribution in [3.05, 3.63) is 16.5 Å². The highest BCUT2D eigenvalue weighted by atomic mass is 32.1. The molecule has 88 valence electrons. The van der Waals surface area contributed by atoms with Crippen molar-refractivity contribution in [1.29, 1.82) is 0 Å². The quantitative estimate of drug-likeness (QED) is 0.789. The number of anilines is 1. The van der Waals surface area contributed by atoms with Crippen molar-refractivity contribution in [2.24, 2.45) is 0 Å². The molecule has 0 atom stereocenters. The van der Waals surface area contributed by atoms with Gasteiger partial charge in [-0.05, 0) is 19.8 Å². The molecule has 0 radical (unpaired) electrons. The zero-order valence-corrected chi connectivity index (χ0v) is 10.6. The van der Waals surface area contributed by atoms with Crippen LogP contribution in [0.1, 0.15) is 50.8 Å². The fraction of sp³-hybridized carbons (Fsp3) is 0.667. The summed E-state index contributed by atoms with van der Waals surface area (Å²) in [5.41, 5.74) is 0. The van der Waals surface area contributed by atoms with Gasteiger partial charge in [0.25, 0.3) is 0 Å². The predicted octanol–water partition coefficient (Wildman–Crippen LogP) is 3.62. The third kappa shape index (κ3) is 2.82. The van der Waals surface area contributed by atoms with Gasteiger partial charge in [0.05, 0.1) is 0 Å². The van der Waals surface area contributed by atoms with Crippen LogP contribution in [0.2, 0.25) is 0 Å². The van der Waals surface area contributed by atoms with E-state index >= 15 is 0 Å². The molecule has 0 bridgehead atoms. The smallest absolute Gasteiger partial charge is 0.131 e. The molecule has 2 rings (SSSR count). The van der Waals surface area contributed by atoms with Gasteiger partial charge >= 0.3 is 0 Å². The van der Waals surface area contributed by atoms with Crippen molar-refractivity contribution in [1.82, 2.24) is 9.97 Å². The van der Waals surface area contributed by atoms with Crippen LogP contribution in [-0.4, -0.2) is 16.5 Å². The van der Waals surface area contributed by atoms with Crippen LogP contribution in [-0.2, 0) is 0 Å². The number of aromatic nitrogens is 2. The summed E-state index contributed by atoms with van der Waals surface area (Å²) in [7, 11) is 0. The van der Waals surface area contributed by atoms with Crippen molar-refractivity contribution in [2.75, 3.05) is 11.9 Å². The van der Waals surface area contributed by atoms with Gasteiger partial charge in [-0.2, -0.15) is 0 Å². The Morgan fingerprint density at radius 1 is 1.44 bits per heavy atom. The highest BCUT2D eigenvalue weighted by Crippen LogP contribution is 2.30. The molecule has 4 heteroatoms. The zero-order valence-electron chi connectivity index (χ0n) is 9.75. The molecule has 16 heavy (non-hydrogen) atoms. The molecule has 0 saturated heterocycles. The number of aromatic amines is 1. The molecule has 0 unspecified atom stereocenters. The van der Waals surface area contributed by atoms with Gasteiger partial charge in [-0.1, -0.05) is 31.5 Å². The van der Waals surface area contributed by atoms with E-state index in [9.17, 15) is 0 Å². The second-order valence-electron chi connectivity index (χ2n) is 4.38. The Kier molecular flexibility index (Phi) is 3.93. The molecule has 1 saturated carbocycles. The van der Waals surface area contributed by atoms with Crippen LogP contribution >= 0.6 is 12.2 Å². The maximum atomic E-state index is 5.20. The van der Waals surface area contributed by atoms with E-state index in [2.05, 4.69) is 22.2 Å². The van der Waals surface area contributed by atoms with Gasteiger partial charge in [-0.3, -0.25) is 0 Å². The summed E-state index contributed by atoms with van der Waals surface area (Å²) in [6.07, 6.45) is 6.49. The largest absolute Gasteiger partial charge is 0.372 e. The standard InChI is InChI=1S/C12H19N3S/c1-2-13-10-8-11(16)15-12(14-10)9-6-4-3-5-7-9/h8-9H,2-7H2,1H3,(H2,13,14,15,16). The highest BCUT2D eigenvalue weighted by Gasteiger charge is 2.17. The number of nitrogens with zero attached hydrogens (tertiary/aromatic N) is 1. The molecule has 3 nitrogen and oxygen atoms in total. The molecule has 0 amide bonds. The number of rotatable bonds is 3. The van der Waals surface area contributed by atoms with Crippen LogP contribution in [0.5, 0.6) is 0 Å². The van der Waals surface area contributed by atoms with Gasteiger partial charge in [0, 0.05) is 18.5 Å². The Labute approximate surface area is 102 Å². The van der Waals surface area contributed by atoms with E-state index in [1.807, 2.05) is 6.07 Å². The number of hydrogen-bond donors (Lipinski definition) is 2. The summed E-state index contributed by atoms with van der Waals surface area (Å²) in [5.74, 6) is 2.65. The van der Waals surface area contributed by atoms with Gasteiger partial charge in [0.1, 0.15) is 16.3 Å². The Morgan fingerprint density at radius 2 is 2.19 bits per heavy atom. The second kappa shape index (κ2) is 5.43. The summed E-state index contributed by atoms with van der Waals surface area (Å²) in [4.78, 5) is 7.83. The van der Waals surface area contributed by atoms with E-state index < -0.39 is 0 Å². The van der Waals surface area contributed by atoms with Crippen molar-refractivity contribution >= 4 is 18.0 Å². The minimum atomic E-state index is 0.578. The Balaban J connectivity index is 2.21. The third-order valence-electron chi connectivity index (χ3n) is 3.12. The van der Waals surface area contributed by atoms with E-state index in [0.29, 0.717) is 10.6 Å². The van der Waals surface area contributed by atoms with Crippen molar-refractivity contribution in [2.45, 2.75) is 44.9 Å². The first kappa shape index (κ1) is 11.6. The van der Waals surface area contributed by atoms with E-state index in [4.69, 9.17) is 12.2 Å². The van der Waals surface area contributed by atoms with Crippen LogP contribution in [0.15, 0.2) is 6.07 Å². The summed E-state index contributed by atoms with van der Waals surface area (Å²) >= 11 is 5.20. The first-order valence-electron chi connectivity index (χ1n) is 6.14. The van der Waals surface area contributed by atoms with Crippen LogP contribution in [0.3, 0.4) is 0 Å². The molecule has 0 spiro atoms. The summed E-state index contributed by atoms with van der Waals surface area (Å²) in [6, 6.07) is 1.89. The lowest BCUT2D eigenvalue weighted by atomic mass is 9.89. The molecule has 1 aliphatic rings. The molecule has 1 aromatic heterocycles. The lowest BCUT2D eigenvalue weighted by molar-refractivity contribution is 0.428.